The molecule has 0 radical (unpaired) electrons. The highest BCUT2D eigenvalue weighted by molar-refractivity contribution is 7.16. The molecule has 1 aromatic heterocycles. The van der Waals surface area contributed by atoms with Gasteiger partial charge in [0.05, 0.1) is 4.34 Å². The molecule has 1 amide bonds. The highest BCUT2D eigenvalue weighted by Gasteiger charge is 2.23. The Hall–Kier alpha value is -0.540. The van der Waals surface area contributed by atoms with Gasteiger partial charge in [-0.2, -0.15) is 0 Å². The summed E-state index contributed by atoms with van der Waals surface area (Å²) in [6.45, 7) is 0.760. The number of amides is 1. The summed E-state index contributed by atoms with van der Waals surface area (Å²) < 4.78 is 0.796. The van der Waals surface area contributed by atoms with Crippen LogP contribution >= 0.6 is 22.9 Å². The maximum absolute atomic E-state index is 10.9. The van der Waals surface area contributed by atoms with E-state index in [4.69, 9.17) is 11.6 Å². The molecule has 2 heterocycles. The lowest BCUT2D eigenvalue weighted by Crippen LogP contribution is -2.13. The van der Waals surface area contributed by atoms with Crippen molar-refractivity contribution < 1.29 is 4.79 Å². The van der Waals surface area contributed by atoms with Crippen LogP contribution in [0, 0.1) is 0 Å². The van der Waals surface area contributed by atoms with Crippen LogP contribution in [0.2, 0.25) is 4.34 Å². The van der Waals surface area contributed by atoms with Crippen molar-refractivity contribution in [2.75, 3.05) is 6.54 Å². The van der Waals surface area contributed by atoms with Gasteiger partial charge in [0, 0.05) is 23.8 Å². The van der Waals surface area contributed by atoms with E-state index in [2.05, 4.69) is 5.32 Å². The summed E-state index contributed by atoms with van der Waals surface area (Å²) in [5.41, 5.74) is 0. The SMILES string of the molecule is O=C1C[C@@H](c2ccc(Cl)s2)CN1. The average Bonchev–Trinajstić information content (AvgIpc) is 2.58. The Kier molecular flexibility index (Phi) is 2.07. The minimum Gasteiger partial charge on any atom is -0.355 e. The van der Waals surface area contributed by atoms with Crippen molar-refractivity contribution >= 4 is 28.8 Å². The van der Waals surface area contributed by atoms with Gasteiger partial charge >= 0.3 is 0 Å². The van der Waals surface area contributed by atoms with Gasteiger partial charge in [-0.15, -0.1) is 11.3 Å². The van der Waals surface area contributed by atoms with Gasteiger partial charge < -0.3 is 5.32 Å². The smallest absolute Gasteiger partial charge is 0.220 e. The van der Waals surface area contributed by atoms with Crippen molar-refractivity contribution in [3.8, 4) is 0 Å². The Labute approximate surface area is 79.5 Å². The van der Waals surface area contributed by atoms with Gasteiger partial charge in [-0.3, -0.25) is 4.79 Å². The fourth-order valence-electron chi connectivity index (χ4n) is 1.35. The van der Waals surface area contributed by atoms with Crippen LogP contribution in [0.5, 0.6) is 0 Å². The van der Waals surface area contributed by atoms with Gasteiger partial charge in [0.2, 0.25) is 5.91 Å². The molecule has 1 aromatic rings. The minimum atomic E-state index is 0.143. The van der Waals surface area contributed by atoms with Gasteiger partial charge in [0.25, 0.3) is 0 Å². The Morgan fingerprint density at radius 3 is 2.92 bits per heavy atom. The quantitative estimate of drug-likeness (QED) is 0.740. The summed E-state index contributed by atoms with van der Waals surface area (Å²) >= 11 is 7.35. The summed E-state index contributed by atoms with van der Waals surface area (Å²) in [6.07, 6.45) is 0.608. The predicted molar refractivity (Wildman–Crippen MR) is 49.7 cm³/mol. The van der Waals surface area contributed by atoms with Gasteiger partial charge in [-0.05, 0) is 12.1 Å². The second kappa shape index (κ2) is 3.07. The normalized spacial score (nSPS) is 22.8. The molecule has 1 N–H and O–H groups in total. The summed E-state index contributed by atoms with van der Waals surface area (Å²) in [5, 5.41) is 2.80. The Morgan fingerprint density at radius 1 is 1.58 bits per heavy atom. The van der Waals surface area contributed by atoms with Crippen LogP contribution in [0.4, 0.5) is 0 Å². The van der Waals surface area contributed by atoms with Crippen molar-refractivity contribution in [1.29, 1.82) is 0 Å². The number of rotatable bonds is 1. The van der Waals surface area contributed by atoms with Crippen molar-refractivity contribution in [3.63, 3.8) is 0 Å². The minimum absolute atomic E-state index is 0.143. The molecule has 0 saturated carbocycles. The molecule has 0 bridgehead atoms. The number of halogens is 1. The van der Waals surface area contributed by atoms with E-state index >= 15 is 0 Å². The largest absolute Gasteiger partial charge is 0.355 e. The van der Waals surface area contributed by atoms with Gasteiger partial charge in [-0.1, -0.05) is 11.6 Å². The van der Waals surface area contributed by atoms with Crippen LogP contribution in [0.15, 0.2) is 12.1 Å². The molecular weight excluding hydrogens is 194 g/mol. The molecule has 1 saturated heterocycles. The van der Waals surface area contributed by atoms with Crippen molar-refractivity contribution in [2.24, 2.45) is 0 Å². The van der Waals surface area contributed by atoms with Crippen LogP contribution in [0.25, 0.3) is 0 Å². The standard InChI is InChI=1S/C8H8ClNOS/c9-7-2-1-6(12-7)5-3-8(11)10-4-5/h1-2,5H,3-4H2,(H,10,11)/t5-/m1/s1. The molecule has 0 spiro atoms. The summed E-state index contributed by atoms with van der Waals surface area (Å²) in [6, 6.07) is 3.88. The molecule has 4 heteroatoms. The van der Waals surface area contributed by atoms with E-state index < -0.39 is 0 Å². The Bertz CT molecular complexity index is 310. The van der Waals surface area contributed by atoms with Crippen molar-refractivity contribution in [1.82, 2.24) is 5.32 Å². The first-order valence-corrected chi connectivity index (χ1v) is 4.97. The van der Waals surface area contributed by atoms with Gasteiger partial charge in [-0.25, -0.2) is 0 Å². The molecule has 1 aliphatic rings. The number of nitrogens with one attached hydrogen (secondary N) is 1. The summed E-state index contributed by atoms with van der Waals surface area (Å²) in [5.74, 6) is 0.486. The summed E-state index contributed by atoms with van der Waals surface area (Å²) in [4.78, 5) is 12.1. The first kappa shape index (κ1) is 8.08. The number of hydrogen-bond donors (Lipinski definition) is 1. The molecule has 2 nitrogen and oxygen atoms in total. The molecule has 1 aliphatic heterocycles. The molecule has 0 unspecified atom stereocenters. The number of hydrogen-bond acceptors (Lipinski definition) is 2. The second-order valence-electron chi connectivity index (χ2n) is 2.85. The van der Waals surface area contributed by atoms with Crippen LogP contribution in [-0.4, -0.2) is 12.5 Å². The molecule has 12 heavy (non-hydrogen) atoms. The zero-order valence-electron chi connectivity index (χ0n) is 6.34. The highest BCUT2D eigenvalue weighted by atomic mass is 35.5. The highest BCUT2D eigenvalue weighted by Crippen LogP contribution is 2.31. The van der Waals surface area contributed by atoms with E-state index in [9.17, 15) is 4.79 Å². The van der Waals surface area contributed by atoms with E-state index in [0.29, 0.717) is 12.3 Å². The first-order valence-electron chi connectivity index (χ1n) is 3.77. The fraction of sp³-hybridized carbons (Fsp3) is 0.375. The molecule has 1 atom stereocenters. The first-order chi connectivity index (χ1) is 5.75. The number of thiophene rings is 1. The zero-order chi connectivity index (χ0) is 8.55. The summed E-state index contributed by atoms with van der Waals surface area (Å²) in [7, 11) is 0. The number of carbonyl (C=O) groups is 1. The van der Waals surface area contributed by atoms with Crippen molar-refractivity contribution in [2.45, 2.75) is 12.3 Å². The number of carbonyl (C=O) groups excluding carboxylic acids is 1. The van der Waals surface area contributed by atoms with E-state index in [-0.39, 0.29) is 5.91 Å². The topological polar surface area (TPSA) is 29.1 Å². The van der Waals surface area contributed by atoms with E-state index in [1.807, 2.05) is 12.1 Å². The van der Waals surface area contributed by atoms with Crippen molar-refractivity contribution in [3.05, 3.63) is 21.3 Å². The Balaban J connectivity index is 2.15. The van der Waals surface area contributed by atoms with E-state index in [0.717, 1.165) is 10.9 Å². The Morgan fingerprint density at radius 2 is 2.42 bits per heavy atom. The van der Waals surface area contributed by atoms with Gasteiger partial charge in [0.15, 0.2) is 0 Å². The van der Waals surface area contributed by atoms with E-state index in [1.165, 1.54) is 4.88 Å². The third kappa shape index (κ3) is 1.47. The lowest BCUT2D eigenvalue weighted by atomic mass is 10.1. The van der Waals surface area contributed by atoms with Crippen LogP contribution in [0.1, 0.15) is 17.2 Å². The second-order valence-corrected chi connectivity index (χ2v) is 4.59. The lowest BCUT2D eigenvalue weighted by Gasteiger charge is -2.00. The third-order valence-corrected chi connectivity index (χ3v) is 3.37. The maximum atomic E-state index is 10.9. The molecule has 0 aliphatic carbocycles. The molecule has 64 valence electrons. The van der Waals surface area contributed by atoms with Crippen LogP contribution in [-0.2, 0) is 4.79 Å². The monoisotopic (exact) mass is 201 g/mol. The maximum Gasteiger partial charge on any atom is 0.220 e. The lowest BCUT2D eigenvalue weighted by molar-refractivity contribution is -0.119. The molecule has 2 rings (SSSR count). The zero-order valence-corrected chi connectivity index (χ0v) is 7.91. The molecule has 0 aromatic carbocycles. The predicted octanol–water partition coefficient (Wildman–Crippen LogP) is 2.01. The van der Waals surface area contributed by atoms with Gasteiger partial charge in [0.1, 0.15) is 0 Å². The van der Waals surface area contributed by atoms with Crippen LogP contribution < -0.4 is 5.32 Å². The molecule has 1 fully saturated rings. The third-order valence-electron chi connectivity index (χ3n) is 1.97. The average molecular weight is 202 g/mol. The van der Waals surface area contributed by atoms with E-state index in [1.54, 1.807) is 11.3 Å². The van der Waals surface area contributed by atoms with Crippen LogP contribution in [0.3, 0.4) is 0 Å². The molecular formula is C8H8ClNOS. The fourth-order valence-corrected chi connectivity index (χ4v) is 2.51.